The molecule has 1 aromatic heterocycles. The Bertz CT molecular complexity index is 497. The molecular formula is C14H17BrN2S. The molecule has 0 saturated carbocycles. The van der Waals surface area contributed by atoms with Crippen molar-refractivity contribution in [3.63, 3.8) is 0 Å². The van der Waals surface area contributed by atoms with Crippen molar-refractivity contribution in [3.8, 4) is 0 Å². The topological polar surface area (TPSA) is 29.3 Å². The number of hydrogen-bond donors (Lipinski definition) is 1. The predicted molar refractivity (Wildman–Crippen MR) is 83.3 cm³/mol. The van der Waals surface area contributed by atoms with Gasteiger partial charge >= 0.3 is 0 Å². The lowest BCUT2D eigenvalue weighted by atomic mass is 10.1. The van der Waals surface area contributed by atoms with Gasteiger partial charge in [0.1, 0.15) is 0 Å². The number of nitrogens with zero attached hydrogens (tertiary/aromatic N) is 1. The Hall–Kier alpha value is -0.840. The molecule has 1 aromatic carbocycles. The van der Waals surface area contributed by atoms with Crippen LogP contribution in [0, 0.1) is 0 Å². The molecule has 0 saturated heterocycles. The molecule has 1 heterocycles. The van der Waals surface area contributed by atoms with E-state index in [2.05, 4.69) is 63.6 Å². The van der Waals surface area contributed by atoms with Gasteiger partial charge in [-0.3, -0.25) is 0 Å². The van der Waals surface area contributed by atoms with E-state index < -0.39 is 0 Å². The highest BCUT2D eigenvalue weighted by Gasteiger charge is 2.06. The zero-order valence-corrected chi connectivity index (χ0v) is 12.8. The number of benzene rings is 1. The zero-order valence-electron chi connectivity index (χ0n) is 10.4. The van der Waals surface area contributed by atoms with E-state index in [0.717, 1.165) is 17.4 Å². The van der Waals surface area contributed by atoms with E-state index in [1.807, 2.05) is 0 Å². The van der Waals surface area contributed by atoms with Crippen molar-refractivity contribution in [2.45, 2.75) is 13.0 Å². The Balaban J connectivity index is 2.11. The van der Waals surface area contributed by atoms with E-state index in [1.165, 1.54) is 16.1 Å². The van der Waals surface area contributed by atoms with Crippen LogP contribution in [0.5, 0.6) is 0 Å². The molecule has 0 bridgehead atoms. The van der Waals surface area contributed by atoms with E-state index in [0.29, 0.717) is 6.54 Å². The predicted octanol–water partition coefficient (Wildman–Crippen LogP) is 3.65. The second-order valence-electron chi connectivity index (χ2n) is 4.25. The van der Waals surface area contributed by atoms with E-state index in [-0.39, 0.29) is 0 Å². The highest BCUT2D eigenvalue weighted by Crippen LogP contribution is 2.25. The summed E-state index contributed by atoms with van der Waals surface area (Å²) in [6.45, 7) is 1.63. The van der Waals surface area contributed by atoms with E-state index in [1.54, 1.807) is 11.3 Å². The Morgan fingerprint density at radius 3 is 2.78 bits per heavy atom. The Morgan fingerprint density at radius 1 is 1.33 bits per heavy atom. The third-order valence-corrected chi connectivity index (χ3v) is 4.46. The van der Waals surface area contributed by atoms with Crippen LogP contribution in [0.3, 0.4) is 0 Å². The quantitative estimate of drug-likeness (QED) is 0.909. The lowest BCUT2D eigenvalue weighted by Crippen LogP contribution is -2.15. The van der Waals surface area contributed by atoms with Gasteiger partial charge in [-0.05, 0) is 42.1 Å². The fourth-order valence-corrected chi connectivity index (χ4v) is 3.18. The van der Waals surface area contributed by atoms with Gasteiger partial charge in [-0.25, -0.2) is 0 Å². The van der Waals surface area contributed by atoms with Crippen LogP contribution in [-0.2, 0) is 13.0 Å². The first kappa shape index (κ1) is 13.6. The molecule has 0 aliphatic rings. The average Bonchev–Trinajstić information content (AvgIpc) is 2.84. The Labute approximate surface area is 121 Å². The summed E-state index contributed by atoms with van der Waals surface area (Å²) in [5, 5.41) is 2.11. The largest absolute Gasteiger partial charge is 0.369 e. The zero-order chi connectivity index (χ0) is 13.0. The van der Waals surface area contributed by atoms with Gasteiger partial charge < -0.3 is 10.6 Å². The van der Waals surface area contributed by atoms with Crippen molar-refractivity contribution in [1.29, 1.82) is 0 Å². The average molecular weight is 325 g/mol. The first-order valence-electron chi connectivity index (χ1n) is 5.92. The molecule has 0 aliphatic heterocycles. The van der Waals surface area contributed by atoms with Gasteiger partial charge in [0, 0.05) is 22.1 Å². The van der Waals surface area contributed by atoms with Gasteiger partial charge in [0.2, 0.25) is 0 Å². The molecule has 0 spiro atoms. The Morgan fingerprint density at radius 2 is 2.17 bits per heavy atom. The van der Waals surface area contributed by atoms with Gasteiger partial charge in [-0.2, -0.15) is 0 Å². The van der Waals surface area contributed by atoms with Crippen LogP contribution in [0.2, 0.25) is 0 Å². The van der Waals surface area contributed by atoms with Crippen molar-refractivity contribution in [1.82, 2.24) is 0 Å². The summed E-state index contributed by atoms with van der Waals surface area (Å²) in [5.74, 6) is 0. The third-order valence-electron chi connectivity index (χ3n) is 2.86. The molecular weight excluding hydrogens is 308 g/mol. The van der Waals surface area contributed by atoms with Crippen LogP contribution >= 0.6 is 27.3 Å². The van der Waals surface area contributed by atoms with Gasteiger partial charge in [0.25, 0.3) is 0 Å². The van der Waals surface area contributed by atoms with Crippen LogP contribution in [0.4, 0.5) is 5.69 Å². The SMILES string of the molecule is CN(Cc1cccs1)c1ccc(CCN)c(Br)c1. The van der Waals surface area contributed by atoms with Crippen LogP contribution in [0.15, 0.2) is 40.2 Å². The summed E-state index contributed by atoms with van der Waals surface area (Å²) in [5.41, 5.74) is 8.08. The minimum atomic E-state index is 0.684. The molecule has 4 heteroatoms. The molecule has 0 atom stereocenters. The summed E-state index contributed by atoms with van der Waals surface area (Å²) < 4.78 is 1.14. The fraction of sp³-hybridized carbons (Fsp3) is 0.286. The number of rotatable bonds is 5. The molecule has 2 nitrogen and oxygen atoms in total. The summed E-state index contributed by atoms with van der Waals surface area (Å²) >= 11 is 5.41. The molecule has 0 aliphatic carbocycles. The molecule has 0 fully saturated rings. The van der Waals surface area contributed by atoms with Crippen molar-refractivity contribution >= 4 is 33.0 Å². The van der Waals surface area contributed by atoms with Crippen LogP contribution < -0.4 is 10.6 Å². The molecule has 18 heavy (non-hydrogen) atoms. The van der Waals surface area contributed by atoms with Crippen molar-refractivity contribution < 1.29 is 0 Å². The highest BCUT2D eigenvalue weighted by atomic mass is 79.9. The number of nitrogens with two attached hydrogens (primary N) is 1. The summed E-state index contributed by atoms with van der Waals surface area (Å²) in [7, 11) is 2.12. The smallest absolute Gasteiger partial charge is 0.0519 e. The maximum atomic E-state index is 5.59. The highest BCUT2D eigenvalue weighted by molar-refractivity contribution is 9.10. The number of hydrogen-bond acceptors (Lipinski definition) is 3. The maximum absolute atomic E-state index is 5.59. The van der Waals surface area contributed by atoms with Gasteiger partial charge in [0.15, 0.2) is 0 Å². The molecule has 2 N–H and O–H groups in total. The number of thiophene rings is 1. The molecule has 96 valence electrons. The van der Waals surface area contributed by atoms with Gasteiger partial charge in [-0.15, -0.1) is 11.3 Å². The lowest BCUT2D eigenvalue weighted by Gasteiger charge is -2.19. The summed E-state index contributed by atoms with van der Waals surface area (Å²) in [6.07, 6.45) is 0.912. The first-order chi connectivity index (χ1) is 8.70. The van der Waals surface area contributed by atoms with Crippen LogP contribution in [-0.4, -0.2) is 13.6 Å². The van der Waals surface area contributed by atoms with E-state index in [9.17, 15) is 0 Å². The first-order valence-corrected chi connectivity index (χ1v) is 7.60. The second kappa shape index (κ2) is 6.36. The van der Waals surface area contributed by atoms with E-state index >= 15 is 0 Å². The molecule has 0 amide bonds. The summed E-state index contributed by atoms with van der Waals surface area (Å²) in [4.78, 5) is 3.63. The molecule has 2 aromatic rings. The summed E-state index contributed by atoms with van der Waals surface area (Å²) in [6, 6.07) is 10.7. The monoisotopic (exact) mass is 324 g/mol. The van der Waals surface area contributed by atoms with Crippen molar-refractivity contribution in [3.05, 3.63) is 50.6 Å². The number of anilines is 1. The fourth-order valence-electron chi connectivity index (χ4n) is 1.86. The second-order valence-corrected chi connectivity index (χ2v) is 6.14. The van der Waals surface area contributed by atoms with E-state index in [4.69, 9.17) is 5.73 Å². The van der Waals surface area contributed by atoms with Crippen LogP contribution in [0.1, 0.15) is 10.4 Å². The van der Waals surface area contributed by atoms with Gasteiger partial charge in [-0.1, -0.05) is 28.1 Å². The lowest BCUT2D eigenvalue weighted by molar-refractivity contribution is 0.931. The third kappa shape index (κ3) is 3.34. The van der Waals surface area contributed by atoms with Crippen molar-refractivity contribution in [2.75, 3.05) is 18.5 Å². The molecule has 2 rings (SSSR count). The molecule has 0 unspecified atom stereocenters. The maximum Gasteiger partial charge on any atom is 0.0519 e. The van der Waals surface area contributed by atoms with Crippen LogP contribution in [0.25, 0.3) is 0 Å². The minimum Gasteiger partial charge on any atom is -0.369 e. The number of halogens is 1. The standard InChI is InChI=1S/C14H17BrN2S/c1-17(10-13-3-2-8-18-13)12-5-4-11(6-7-16)14(15)9-12/h2-5,8-9H,6-7,10,16H2,1H3. The normalized spacial score (nSPS) is 10.6. The minimum absolute atomic E-state index is 0.684. The van der Waals surface area contributed by atoms with Crippen molar-refractivity contribution in [2.24, 2.45) is 5.73 Å². The Kier molecular flexibility index (Phi) is 4.80. The molecule has 0 radical (unpaired) electrons. The van der Waals surface area contributed by atoms with Gasteiger partial charge in [0.05, 0.1) is 6.54 Å².